The van der Waals surface area contributed by atoms with Crippen LogP contribution in [0.5, 0.6) is 0 Å². The molecule has 106 valence electrons. The Bertz CT molecular complexity index is 684. The van der Waals surface area contributed by atoms with E-state index in [2.05, 4.69) is 22.9 Å². The molecule has 0 spiro atoms. The molecule has 0 amide bonds. The van der Waals surface area contributed by atoms with Gasteiger partial charge in [0.05, 0.1) is 0 Å². The van der Waals surface area contributed by atoms with Crippen LogP contribution >= 0.6 is 0 Å². The maximum absolute atomic E-state index is 12.2. The minimum atomic E-state index is 0.0502. The average molecular weight is 271 g/mol. The zero-order chi connectivity index (χ0) is 14.1. The summed E-state index contributed by atoms with van der Waals surface area (Å²) in [4.78, 5) is 19.2. The van der Waals surface area contributed by atoms with Crippen LogP contribution in [0.2, 0.25) is 0 Å². The molecular formula is C16H21N3O. The molecular weight excluding hydrogens is 250 g/mol. The summed E-state index contributed by atoms with van der Waals surface area (Å²) in [6.45, 7) is 8.04. The van der Waals surface area contributed by atoms with Crippen LogP contribution in [0.15, 0.2) is 23.0 Å². The lowest BCUT2D eigenvalue weighted by atomic mass is 10.1. The second-order valence-electron chi connectivity index (χ2n) is 5.69. The van der Waals surface area contributed by atoms with Crippen molar-refractivity contribution in [1.29, 1.82) is 0 Å². The van der Waals surface area contributed by atoms with Gasteiger partial charge in [0.15, 0.2) is 0 Å². The predicted molar refractivity (Wildman–Crippen MR) is 81.2 cm³/mol. The number of hydrogen-bond acceptors (Lipinski definition) is 3. The number of likely N-dealkylation sites (tertiary alicyclic amines) is 1. The van der Waals surface area contributed by atoms with E-state index in [9.17, 15) is 4.79 Å². The summed E-state index contributed by atoms with van der Waals surface area (Å²) in [6.07, 6.45) is 2.56. The lowest BCUT2D eigenvalue weighted by molar-refractivity contribution is 0.322. The summed E-state index contributed by atoms with van der Waals surface area (Å²) in [6, 6.07) is 5.62. The second kappa shape index (κ2) is 5.37. The molecule has 0 aromatic carbocycles. The van der Waals surface area contributed by atoms with Crippen molar-refractivity contribution in [2.75, 3.05) is 19.6 Å². The highest BCUT2D eigenvalue weighted by Crippen LogP contribution is 2.16. The first-order chi connectivity index (χ1) is 9.65. The molecule has 1 aliphatic rings. The molecule has 4 nitrogen and oxygen atoms in total. The van der Waals surface area contributed by atoms with Crippen molar-refractivity contribution >= 4 is 11.0 Å². The van der Waals surface area contributed by atoms with Crippen LogP contribution in [-0.2, 0) is 6.54 Å². The van der Waals surface area contributed by atoms with E-state index in [1.807, 2.05) is 17.6 Å². The second-order valence-corrected chi connectivity index (χ2v) is 5.69. The number of aromatic nitrogens is 2. The van der Waals surface area contributed by atoms with Gasteiger partial charge in [-0.1, -0.05) is 0 Å². The summed E-state index contributed by atoms with van der Waals surface area (Å²) in [5.74, 6) is 0. The third kappa shape index (κ3) is 2.48. The Labute approximate surface area is 119 Å². The molecule has 0 unspecified atom stereocenters. The Morgan fingerprint density at radius 3 is 2.65 bits per heavy atom. The fourth-order valence-electron chi connectivity index (χ4n) is 3.05. The molecule has 0 atom stereocenters. The van der Waals surface area contributed by atoms with Crippen molar-refractivity contribution in [2.45, 2.75) is 33.2 Å². The number of fused-ring (bicyclic) bond motifs is 1. The number of pyridine rings is 2. The maximum Gasteiger partial charge on any atom is 0.252 e. The van der Waals surface area contributed by atoms with Gasteiger partial charge in [0.1, 0.15) is 5.65 Å². The smallest absolute Gasteiger partial charge is 0.252 e. The van der Waals surface area contributed by atoms with Gasteiger partial charge < -0.3 is 4.90 Å². The maximum atomic E-state index is 12.2. The normalized spacial score (nSPS) is 16.1. The zero-order valence-electron chi connectivity index (χ0n) is 12.2. The van der Waals surface area contributed by atoms with E-state index < -0.39 is 0 Å². The molecule has 3 rings (SSSR count). The van der Waals surface area contributed by atoms with E-state index in [0.717, 1.165) is 42.9 Å². The molecule has 0 aliphatic carbocycles. The first kappa shape index (κ1) is 13.3. The molecule has 3 heterocycles. The molecule has 0 N–H and O–H groups in total. The monoisotopic (exact) mass is 271 g/mol. The molecule has 0 bridgehead atoms. The van der Waals surface area contributed by atoms with Gasteiger partial charge in [-0.15, -0.1) is 0 Å². The molecule has 0 radical (unpaired) electrons. The van der Waals surface area contributed by atoms with E-state index in [1.165, 1.54) is 18.4 Å². The predicted octanol–water partition coefficient (Wildman–Crippen LogP) is 2.11. The summed E-state index contributed by atoms with van der Waals surface area (Å²) >= 11 is 0. The Balaban J connectivity index is 1.99. The largest absolute Gasteiger partial charge is 0.302 e. The van der Waals surface area contributed by atoms with Crippen molar-refractivity contribution in [1.82, 2.24) is 14.5 Å². The standard InChI is InChI=1S/C16H21N3O/c1-12-11-13(2)17-16-14(12)5-6-15(20)19(16)10-9-18-7-3-4-8-18/h5-6,11H,3-4,7-10H2,1-2H3. The van der Waals surface area contributed by atoms with Gasteiger partial charge in [0, 0.05) is 30.2 Å². The van der Waals surface area contributed by atoms with Gasteiger partial charge >= 0.3 is 0 Å². The van der Waals surface area contributed by atoms with Crippen LogP contribution in [0, 0.1) is 13.8 Å². The molecule has 1 aliphatic heterocycles. The van der Waals surface area contributed by atoms with Crippen LogP contribution in [-0.4, -0.2) is 34.1 Å². The number of nitrogens with zero attached hydrogens (tertiary/aromatic N) is 3. The highest BCUT2D eigenvalue weighted by molar-refractivity contribution is 5.79. The quantitative estimate of drug-likeness (QED) is 0.858. The minimum Gasteiger partial charge on any atom is -0.302 e. The Hall–Kier alpha value is -1.68. The van der Waals surface area contributed by atoms with E-state index in [0.29, 0.717) is 0 Å². The molecule has 0 saturated carbocycles. The highest BCUT2D eigenvalue weighted by Gasteiger charge is 2.13. The molecule has 20 heavy (non-hydrogen) atoms. The summed E-state index contributed by atoms with van der Waals surface area (Å²) < 4.78 is 1.83. The SMILES string of the molecule is Cc1cc(C)c2ccc(=O)n(CCN3CCCC3)c2n1. The fourth-order valence-corrected chi connectivity index (χ4v) is 3.05. The zero-order valence-corrected chi connectivity index (χ0v) is 12.2. The number of hydrogen-bond donors (Lipinski definition) is 0. The van der Waals surface area contributed by atoms with Crippen molar-refractivity contribution in [3.05, 3.63) is 39.8 Å². The highest BCUT2D eigenvalue weighted by atomic mass is 16.1. The molecule has 1 saturated heterocycles. The van der Waals surface area contributed by atoms with Crippen molar-refractivity contribution in [3.63, 3.8) is 0 Å². The van der Waals surface area contributed by atoms with E-state index in [4.69, 9.17) is 0 Å². The van der Waals surface area contributed by atoms with Crippen LogP contribution in [0.3, 0.4) is 0 Å². The first-order valence-electron chi connectivity index (χ1n) is 7.35. The fraction of sp³-hybridized carbons (Fsp3) is 0.500. The van der Waals surface area contributed by atoms with Crippen molar-refractivity contribution < 1.29 is 0 Å². The molecule has 1 fully saturated rings. The lowest BCUT2D eigenvalue weighted by Gasteiger charge is -2.17. The van der Waals surface area contributed by atoms with E-state index >= 15 is 0 Å². The summed E-state index contributed by atoms with van der Waals surface area (Å²) in [7, 11) is 0. The molecule has 4 heteroatoms. The van der Waals surface area contributed by atoms with Gasteiger partial charge in [-0.25, -0.2) is 4.98 Å². The summed E-state index contributed by atoms with van der Waals surface area (Å²) in [5.41, 5.74) is 3.03. The van der Waals surface area contributed by atoms with Crippen molar-refractivity contribution in [2.24, 2.45) is 0 Å². The topological polar surface area (TPSA) is 38.1 Å². The summed E-state index contributed by atoms with van der Waals surface area (Å²) in [5, 5.41) is 1.08. The Kier molecular flexibility index (Phi) is 3.57. The van der Waals surface area contributed by atoms with Gasteiger partial charge in [-0.3, -0.25) is 9.36 Å². The van der Waals surface area contributed by atoms with Gasteiger partial charge in [0.2, 0.25) is 0 Å². The number of aryl methyl sites for hydroxylation is 2. The third-order valence-electron chi connectivity index (χ3n) is 4.13. The third-order valence-corrected chi connectivity index (χ3v) is 4.13. The van der Waals surface area contributed by atoms with Gasteiger partial charge in [-0.2, -0.15) is 0 Å². The Morgan fingerprint density at radius 1 is 1.15 bits per heavy atom. The average Bonchev–Trinajstić information content (AvgIpc) is 2.90. The van der Waals surface area contributed by atoms with Crippen LogP contribution < -0.4 is 5.56 Å². The van der Waals surface area contributed by atoms with Crippen LogP contribution in [0.25, 0.3) is 11.0 Å². The van der Waals surface area contributed by atoms with E-state index in [1.54, 1.807) is 6.07 Å². The molecule has 2 aromatic heterocycles. The lowest BCUT2D eigenvalue weighted by Crippen LogP contribution is -2.29. The van der Waals surface area contributed by atoms with Crippen LogP contribution in [0.4, 0.5) is 0 Å². The van der Waals surface area contributed by atoms with E-state index in [-0.39, 0.29) is 5.56 Å². The van der Waals surface area contributed by atoms with Gasteiger partial charge in [-0.05, 0) is 57.5 Å². The first-order valence-corrected chi connectivity index (χ1v) is 7.35. The Morgan fingerprint density at radius 2 is 1.90 bits per heavy atom. The minimum absolute atomic E-state index is 0.0502. The molecule has 2 aromatic rings. The number of rotatable bonds is 3. The van der Waals surface area contributed by atoms with Crippen molar-refractivity contribution in [3.8, 4) is 0 Å². The van der Waals surface area contributed by atoms with Crippen LogP contribution in [0.1, 0.15) is 24.1 Å². The van der Waals surface area contributed by atoms with Gasteiger partial charge in [0.25, 0.3) is 5.56 Å².